The lowest BCUT2D eigenvalue weighted by Gasteiger charge is -2.23. The highest BCUT2D eigenvalue weighted by Crippen LogP contribution is 2.15. The third-order valence-corrected chi connectivity index (χ3v) is 1.77. The van der Waals surface area contributed by atoms with Crippen molar-refractivity contribution in [2.75, 3.05) is 7.05 Å². The minimum atomic E-state index is 0. The number of halogens is 2. The van der Waals surface area contributed by atoms with Crippen LogP contribution in [0, 0.1) is 0 Å². The topological polar surface area (TPSA) is 29.9 Å². The number of rotatable bonds is 2. The van der Waals surface area contributed by atoms with Gasteiger partial charge in [0.2, 0.25) is 0 Å². The molecule has 14 heavy (non-hydrogen) atoms. The monoisotopic (exact) mass is 239 g/mol. The Morgan fingerprint density at radius 2 is 1.93 bits per heavy atom. The number of aromatic nitrogens is 2. The predicted octanol–water partition coefficient (Wildman–Crippen LogP) is 2.20. The molecule has 0 aliphatic carbocycles. The van der Waals surface area contributed by atoms with Crippen LogP contribution in [-0.2, 0) is 12.1 Å². The molecule has 1 aromatic rings. The molecule has 3 nitrogen and oxygen atoms in total. The van der Waals surface area contributed by atoms with E-state index in [1.165, 1.54) is 0 Å². The molecule has 0 spiro atoms. The molecular formula is C9H19Cl2N3. The zero-order valence-electron chi connectivity index (χ0n) is 9.07. The fourth-order valence-corrected chi connectivity index (χ4v) is 1.23. The van der Waals surface area contributed by atoms with E-state index in [2.05, 4.69) is 35.6 Å². The minimum Gasteiger partial charge on any atom is -0.329 e. The number of hydrogen-bond acceptors (Lipinski definition) is 2. The van der Waals surface area contributed by atoms with Gasteiger partial charge in [0.15, 0.2) is 0 Å². The van der Waals surface area contributed by atoms with Crippen LogP contribution in [0.15, 0.2) is 12.4 Å². The highest BCUT2D eigenvalue weighted by Gasteiger charge is 2.15. The Labute approximate surface area is 98.1 Å². The van der Waals surface area contributed by atoms with E-state index >= 15 is 0 Å². The zero-order chi connectivity index (χ0) is 9.19. The second-order valence-corrected chi connectivity index (χ2v) is 3.91. The van der Waals surface area contributed by atoms with E-state index in [1.807, 2.05) is 19.4 Å². The van der Waals surface area contributed by atoms with Gasteiger partial charge >= 0.3 is 0 Å². The molecule has 1 N–H and O–H groups in total. The van der Waals surface area contributed by atoms with Crippen molar-refractivity contribution in [3.63, 3.8) is 0 Å². The second-order valence-electron chi connectivity index (χ2n) is 3.91. The van der Waals surface area contributed by atoms with Crippen LogP contribution in [0.4, 0.5) is 0 Å². The molecule has 1 heterocycles. The van der Waals surface area contributed by atoms with Gasteiger partial charge in [0.25, 0.3) is 0 Å². The Balaban J connectivity index is 0. The van der Waals surface area contributed by atoms with Gasteiger partial charge in [-0.25, -0.2) is 4.98 Å². The molecule has 5 heteroatoms. The molecule has 0 aliphatic rings. The van der Waals surface area contributed by atoms with E-state index in [4.69, 9.17) is 0 Å². The summed E-state index contributed by atoms with van der Waals surface area (Å²) in [5.41, 5.74) is 0.128. The van der Waals surface area contributed by atoms with Gasteiger partial charge in [-0.2, -0.15) is 0 Å². The molecule has 1 aromatic heterocycles. The Morgan fingerprint density at radius 3 is 2.36 bits per heavy atom. The van der Waals surface area contributed by atoms with Crippen molar-refractivity contribution < 1.29 is 0 Å². The van der Waals surface area contributed by atoms with Gasteiger partial charge in [-0.05, 0) is 27.8 Å². The third-order valence-electron chi connectivity index (χ3n) is 1.77. The SMILES string of the molecule is CNCc1nccn1C(C)(C)C.Cl.Cl. The van der Waals surface area contributed by atoms with Gasteiger partial charge in [0.1, 0.15) is 5.82 Å². The van der Waals surface area contributed by atoms with Crippen molar-refractivity contribution in [2.45, 2.75) is 32.9 Å². The first-order valence-corrected chi connectivity index (χ1v) is 4.23. The molecule has 1 rings (SSSR count). The van der Waals surface area contributed by atoms with E-state index in [9.17, 15) is 0 Å². The lowest BCUT2D eigenvalue weighted by atomic mass is 10.1. The first-order valence-electron chi connectivity index (χ1n) is 4.23. The smallest absolute Gasteiger partial charge is 0.123 e. The third kappa shape index (κ3) is 3.86. The molecule has 84 valence electrons. The lowest BCUT2D eigenvalue weighted by Crippen LogP contribution is -2.25. The van der Waals surface area contributed by atoms with Crippen LogP contribution < -0.4 is 5.32 Å². The normalized spacial score (nSPS) is 10.3. The van der Waals surface area contributed by atoms with Crippen molar-refractivity contribution in [3.05, 3.63) is 18.2 Å². The number of nitrogens with zero attached hydrogens (tertiary/aromatic N) is 2. The van der Waals surface area contributed by atoms with Crippen molar-refractivity contribution in [1.29, 1.82) is 0 Å². The van der Waals surface area contributed by atoms with Gasteiger partial charge in [0, 0.05) is 17.9 Å². The maximum atomic E-state index is 4.27. The van der Waals surface area contributed by atoms with Crippen LogP contribution in [0.1, 0.15) is 26.6 Å². The van der Waals surface area contributed by atoms with Crippen molar-refractivity contribution in [2.24, 2.45) is 0 Å². The molecule has 0 saturated carbocycles. The zero-order valence-corrected chi connectivity index (χ0v) is 10.7. The summed E-state index contributed by atoms with van der Waals surface area (Å²) in [6.07, 6.45) is 3.87. The van der Waals surface area contributed by atoms with Gasteiger partial charge in [0.05, 0.1) is 6.54 Å². The predicted molar refractivity (Wildman–Crippen MR) is 64.5 cm³/mol. The molecular weight excluding hydrogens is 221 g/mol. The van der Waals surface area contributed by atoms with Crippen LogP contribution in [0.3, 0.4) is 0 Å². The second kappa shape index (κ2) is 6.27. The molecule has 0 aromatic carbocycles. The van der Waals surface area contributed by atoms with Gasteiger partial charge in [-0.1, -0.05) is 0 Å². The van der Waals surface area contributed by atoms with Crippen molar-refractivity contribution in [1.82, 2.24) is 14.9 Å². The van der Waals surface area contributed by atoms with Crippen LogP contribution in [0.2, 0.25) is 0 Å². The van der Waals surface area contributed by atoms with Crippen molar-refractivity contribution in [3.8, 4) is 0 Å². The van der Waals surface area contributed by atoms with Crippen molar-refractivity contribution >= 4 is 24.8 Å². The molecule has 0 bridgehead atoms. The van der Waals surface area contributed by atoms with E-state index in [1.54, 1.807) is 0 Å². The van der Waals surface area contributed by atoms with Gasteiger partial charge in [-0.15, -0.1) is 24.8 Å². The van der Waals surface area contributed by atoms with Crippen LogP contribution in [-0.4, -0.2) is 16.6 Å². The van der Waals surface area contributed by atoms with E-state index < -0.39 is 0 Å². The van der Waals surface area contributed by atoms with Crippen LogP contribution >= 0.6 is 24.8 Å². The first kappa shape index (κ1) is 16.2. The standard InChI is InChI=1S/C9H17N3.2ClH/c1-9(2,3)12-6-5-11-8(12)7-10-4;;/h5-6,10H,7H2,1-4H3;2*1H. The molecule has 0 aliphatic heterocycles. The summed E-state index contributed by atoms with van der Waals surface area (Å²) in [6, 6.07) is 0. The molecule has 0 amide bonds. The Morgan fingerprint density at radius 1 is 1.36 bits per heavy atom. The Kier molecular flexibility index (Phi) is 7.26. The highest BCUT2D eigenvalue weighted by molar-refractivity contribution is 5.85. The summed E-state index contributed by atoms with van der Waals surface area (Å²) in [4.78, 5) is 4.27. The van der Waals surface area contributed by atoms with Crippen LogP contribution in [0.25, 0.3) is 0 Å². The molecule has 0 unspecified atom stereocenters. The average molecular weight is 240 g/mol. The summed E-state index contributed by atoms with van der Waals surface area (Å²) in [5, 5.41) is 3.10. The van der Waals surface area contributed by atoms with E-state index in [0.717, 1.165) is 12.4 Å². The quantitative estimate of drug-likeness (QED) is 0.858. The van der Waals surface area contributed by atoms with Gasteiger partial charge < -0.3 is 9.88 Å². The fraction of sp³-hybridized carbons (Fsp3) is 0.667. The minimum absolute atomic E-state index is 0. The first-order chi connectivity index (χ1) is 5.55. The number of nitrogens with one attached hydrogen (secondary N) is 1. The summed E-state index contributed by atoms with van der Waals surface area (Å²) >= 11 is 0. The summed E-state index contributed by atoms with van der Waals surface area (Å²) < 4.78 is 2.18. The molecule has 0 atom stereocenters. The summed E-state index contributed by atoms with van der Waals surface area (Å²) in [5.74, 6) is 1.09. The number of imidazole rings is 1. The average Bonchev–Trinajstić information content (AvgIpc) is 2.34. The maximum absolute atomic E-state index is 4.27. The maximum Gasteiger partial charge on any atom is 0.123 e. The number of hydrogen-bond donors (Lipinski definition) is 1. The summed E-state index contributed by atoms with van der Waals surface area (Å²) in [6.45, 7) is 7.35. The highest BCUT2D eigenvalue weighted by atomic mass is 35.5. The van der Waals surface area contributed by atoms with E-state index in [-0.39, 0.29) is 30.4 Å². The Bertz CT molecular complexity index is 253. The van der Waals surface area contributed by atoms with Crippen LogP contribution in [0.5, 0.6) is 0 Å². The summed E-state index contributed by atoms with van der Waals surface area (Å²) in [7, 11) is 1.93. The Hall–Kier alpha value is -0.250. The molecule has 0 saturated heterocycles. The molecule has 0 radical (unpaired) electrons. The molecule has 0 fully saturated rings. The van der Waals surface area contributed by atoms with E-state index in [0.29, 0.717) is 0 Å². The fourth-order valence-electron chi connectivity index (χ4n) is 1.23. The largest absolute Gasteiger partial charge is 0.329 e. The van der Waals surface area contributed by atoms with Gasteiger partial charge in [-0.3, -0.25) is 0 Å². The lowest BCUT2D eigenvalue weighted by molar-refractivity contribution is 0.379.